The van der Waals surface area contributed by atoms with E-state index in [1.165, 1.54) is 0 Å². The first-order chi connectivity index (χ1) is 12.1. The van der Waals surface area contributed by atoms with Crippen LogP contribution in [-0.4, -0.2) is 38.7 Å². The fourth-order valence-corrected chi connectivity index (χ4v) is 2.98. The van der Waals surface area contributed by atoms with Gasteiger partial charge in [0.2, 0.25) is 0 Å². The Morgan fingerprint density at radius 2 is 1.96 bits per heavy atom. The molecule has 8 heteroatoms. The largest absolute Gasteiger partial charge is 0.334 e. The second kappa shape index (κ2) is 5.87. The maximum atomic E-state index is 4.85. The Labute approximate surface area is 145 Å². The Kier molecular flexibility index (Phi) is 3.67. The molecule has 0 aliphatic heterocycles. The van der Waals surface area contributed by atoms with E-state index in [0.717, 1.165) is 41.4 Å². The molecule has 25 heavy (non-hydrogen) atoms. The van der Waals surface area contributed by atoms with Gasteiger partial charge in [-0.15, -0.1) is 0 Å². The van der Waals surface area contributed by atoms with Gasteiger partial charge in [0.1, 0.15) is 11.3 Å². The predicted molar refractivity (Wildman–Crippen MR) is 94.4 cm³/mol. The van der Waals surface area contributed by atoms with Gasteiger partial charge in [0.15, 0.2) is 11.6 Å². The van der Waals surface area contributed by atoms with E-state index in [1.807, 2.05) is 52.6 Å². The van der Waals surface area contributed by atoms with Crippen LogP contribution >= 0.6 is 0 Å². The van der Waals surface area contributed by atoms with Crippen molar-refractivity contribution in [2.24, 2.45) is 20.0 Å². The van der Waals surface area contributed by atoms with E-state index in [-0.39, 0.29) is 0 Å². The van der Waals surface area contributed by atoms with Gasteiger partial charge in [-0.05, 0) is 5.92 Å². The zero-order valence-corrected chi connectivity index (χ0v) is 15.0. The number of rotatable bonds is 5. The van der Waals surface area contributed by atoms with Gasteiger partial charge in [0.25, 0.3) is 0 Å². The molecule has 0 amide bonds. The molecular weight excluding hydrogens is 316 g/mol. The monoisotopic (exact) mass is 338 g/mol. The third-order valence-corrected chi connectivity index (χ3v) is 4.59. The Hall–Kier alpha value is -2.90. The SMILES string of the molecule is CCC(C)Cc1nc(-c2cnn3ccn(C)c23)n(-c2cnn(C)c2)n1. The van der Waals surface area contributed by atoms with Crippen LogP contribution in [0.5, 0.6) is 0 Å². The normalized spacial score (nSPS) is 13.0. The quantitative estimate of drug-likeness (QED) is 0.559. The first-order valence-corrected chi connectivity index (χ1v) is 8.50. The number of imidazole rings is 1. The molecule has 1 atom stereocenters. The lowest BCUT2D eigenvalue weighted by Gasteiger charge is -2.03. The molecule has 1 unspecified atom stereocenters. The van der Waals surface area contributed by atoms with Crippen LogP contribution < -0.4 is 0 Å². The number of hydrogen-bond acceptors (Lipinski definition) is 4. The fraction of sp³-hybridized carbons (Fsp3) is 0.412. The molecule has 4 heterocycles. The summed E-state index contributed by atoms with van der Waals surface area (Å²) in [5, 5.41) is 13.5. The lowest BCUT2D eigenvalue weighted by atomic mass is 10.1. The molecule has 130 valence electrons. The molecule has 0 saturated heterocycles. The van der Waals surface area contributed by atoms with Crippen molar-refractivity contribution in [3.05, 3.63) is 36.8 Å². The van der Waals surface area contributed by atoms with Gasteiger partial charge >= 0.3 is 0 Å². The molecule has 4 rings (SSSR count). The van der Waals surface area contributed by atoms with Gasteiger partial charge in [0, 0.05) is 32.9 Å². The summed E-state index contributed by atoms with van der Waals surface area (Å²) in [4.78, 5) is 4.85. The zero-order chi connectivity index (χ0) is 17.6. The molecular formula is C17H22N8. The second-order valence-electron chi connectivity index (χ2n) is 6.59. The zero-order valence-electron chi connectivity index (χ0n) is 15.0. The Bertz CT molecular complexity index is 1010. The lowest BCUT2D eigenvalue weighted by molar-refractivity contribution is 0.542. The molecule has 0 N–H and O–H groups in total. The van der Waals surface area contributed by atoms with Crippen molar-refractivity contribution in [3.63, 3.8) is 0 Å². The van der Waals surface area contributed by atoms with Gasteiger partial charge in [0.05, 0.1) is 24.2 Å². The summed E-state index contributed by atoms with van der Waals surface area (Å²) < 4.78 is 7.53. The molecule has 0 aliphatic rings. The minimum atomic E-state index is 0.541. The van der Waals surface area contributed by atoms with E-state index in [1.54, 1.807) is 10.9 Å². The average molecular weight is 338 g/mol. The van der Waals surface area contributed by atoms with Gasteiger partial charge < -0.3 is 4.57 Å². The van der Waals surface area contributed by atoms with Crippen molar-refractivity contribution in [2.45, 2.75) is 26.7 Å². The molecule has 0 aliphatic carbocycles. The van der Waals surface area contributed by atoms with E-state index in [9.17, 15) is 0 Å². The molecule has 0 radical (unpaired) electrons. The highest BCUT2D eigenvalue weighted by molar-refractivity contribution is 5.74. The van der Waals surface area contributed by atoms with E-state index in [0.29, 0.717) is 5.92 Å². The molecule has 0 bridgehead atoms. The summed E-state index contributed by atoms with van der Waals surface area (Å²) in [6.45, 7) is 4.41. The number of fused-ring (bicyclic) bond motifs is 1. The van der Waals surface area contributed by atoms with Crippen molar-refractivity contribution in [2.75, 3.05) is 0 Å². The van der Waals surface area contributed by atoms with Crippen molar-refractivity contribution in [1.29, 1.82) is 0 Å². The number of aromatic nitrogens is 8. The average Bonchev–Trinajstić information content (AvgIpc) is 3.33. The van der Waals surface area contributed by atoms with Crippen LogP contribution in [0.2, 0.25) is 0 Å². The van der Waals surface area contributed by atoms with Crippen LogP contribution in [0.15, 0.2) is 31.0 Å². The Morgan fingerprint density at radius 1 is 1.12 bits per heavy atom. The van der Waals surface area contributed by atoms with Gasteiger partial charge in [-0.25, -0.2) is 14.2 Å². The summed E-state index contributed by atoms with van der Waals surface area (Å²) in [6.07, 6.45) is 11.5. The van der Waals surface area contributed by atoms with Gasteiger partial charge in [-0.3, -0.25) is 4.68 Å². The fourth-order valence-electron chi connectivity index (χ4n) is 2.98. The van der Waals surface area contributed by atoms with E-state index >= 15 is 0 Å². The van der Waals surface area contributed by atoms with Crippen LogP contribution in [-0.2, 0) is 20.5 Å². The highest BCUT2D eigenvalue weighted by Gasteiger charge is 2.20. The highest BCUT2D eigenvalue weighted by atomic mass is 15.4. The number of nitrogens with zero attached hydrogens (tertiary/aromatic N) is 8. The van der Waals surface area contributed by atoms with Crippen molar-refractivity contribution < 1.29 is 0 Å². The molecule has 0 aromatic carbocycles. The predicted octanol–water partition coefficient (Wildman–Crippen LogP) is 2.24. The minimum Gasteiger partial charge on any atom is -0.334 e. The summed E-state index contributed by atoms with van der Waals surface area (Å²) in [6, 6.07) is 0. The molecule has 4 aromatic heterocycles. The van der Waals surface area contributed by atoms with Crippen LogP contribution in [0.1, 0.15) is 26.1 Å². The van der Waals surface area contributed by atoms with Gasteiger partial charge in [-0.2, -0.15) is 15.3 Å². The summed E-state index contributed by atoms with van der Waals surface area (Å²) in [5.74, 6) is 2.18. The van der Waals surface area contributed by atoms with E-state index in [4.69, 9.17) is 10.1 Å². The number of aryl methyl sites for hydroxylation is 2. The van der Waals surface area contributed by atoms with Crippen LogP contribution in [0.25, 0.3) is 22.7 Å². The maximum absolute atomic E-state index is 4.85. The third-order valence-electron chi connectivity index (χ3n) is 4.59. The number of hydrogen-bond donors (Lipinski definition) is 0. The molecule has 0 fully saturated rings. The van der Waals surface area contributed by atoms with E-state index < -0.39 is 0 Å². The Balaban J connectivity index is 1.89. The highest BCUT2D eigenvalue weighted by Crippen LogP contribution is 2.26. The van der Waals surface area contributed by atoms with Crippen LogP contribution in [0.4, 0.5) is 0 Å². The minimum absolute atomic E-state index is 0.541. The first-order valence-electron chi connectivity index (χ1n) is 8.50. The molecule has 8 nitrogen and oxygen atoms in total. The standard InChI is InChI=1S/C17H22N8/c1-5-12(2)8-15-20-16(25(21-15)13-9-18-23(4)11-13)14-10-19-24-7-6-22(3)17(14)24/h6-7,9-12H,5,8H2,1-4H3. The topological polar surface area (TPSA) is 70.8 Å². The van der Waals surface area contributed by atoms with Crippen molar-refractivity contribution in [3.8, 4) is 17.1 Å². The first kappa shape index (κ1) is 15.6. The van der Waals surface area contributed by atoms with Crippen molar-refractivity contribution in [1.82, 2.24) is 38.7 Å². The molecule has 0 saturated carbocycles. The summed E-state index contributed by atoms with van der Waals surface area (Å²) in [5.41, 5.74) is 2.85. The van der Waals surface area contributed by atoms with Crippen LogP contribution in [0, 0.1) is 5.92 Å². The van der Waals surface area contributed by atoms with Gasteiger partial charge in [-0.1, -0.05) is 20.3 Å². The Morgan fingerprint density at radius 3 is 2.68 bits per heavy atom. The van der Waals surface area contributed by atoms with Crippen LogP contribution in [0.3, 0.4) is 0 Å². The summed E-state index contributed by atoms with van der Waals surface area (Å²) >= 11 is 0. The molecule has 0 spiro atoms. The lowest BCUT2D eigenvalue weighted by Crippen LogP contribution is -2.02. The third kappa shape index (κ3) is 2.63. The van der Waals surface area contributed by atoms with E-state index in [2.05, 4.69) is 24.0 Å². The summed E-state index contributed by atoms with van der Waals surface area (Å²) in [7, 11) is 3.90. The molecule has 4 aromatic rings. The smallest absolute Gasteiger partial charge is 0.169 e. The maximum Gasteiger partial charge on any atom is 0.169 e. The van der Waals surface area contributed by atoms with Crippen molar-refractivity contribution >= 4 is 5.65 Å². The second-order valence-corrected chi connectivity index (χ2v) is 6.59.